The highest BCUT2D eigenvalue weighted by molar-refractivity contribution is 5.66. The van der Waals surface area contributed by atoms with E-state index in [1.165, 1.54) is 5.56 Å². The minimum atomic E-state index is 0.694. The zero-order valence-corrected chi connectivity index (χ0v) is 18.1. The zero-order chi connectivity index (χ0) is 21.9. The molecule has 5 rings (SSSR count). The summed E-state index contributed by atoms with van der Waals surface area (Å²) in [6.07, 6.45) is 8.26. The van der Waals surface area contributed by atoms with Crippen molar-refractivity contribution in [3.05, 3.63) is 71.9 Å². The maximum atomic E-state index is 5.46. The summed E-state index contributed by atoms with van der Waals surface area (Å²) >= 11 is 0. The summed E-state index contributed by atoms with van der Waals surface area (Å²) in [5.41, 5.74) is 6.41. The van der Waals surface area contributed by atoms with Gasteiger partial charge in [-0.1, -0.05) is 0 Å². The largest absolute Gasteiger partial charge is 0.493 e. The molecule has 1 aromatic carbocycles. The van der Waals surface area contributed by atoms with E-state index >= 15 is 0 Å². The van der Waals surface area contributed by atoms with Crippen LogP contribution in [0.4, 0.5) is 0 Å². The fraction of sp³-hybridized carbons (Fsp3) is 0.250. The highest BCUT2D eigenvalue weighted by Crippen LogP contribution is 2.33. The molecule has 3 aromatic heterocycles. The average Bonchev–Trinajstić information content (AvgIpc) is 3.31. The van der Waals surface area contributed by atoms with Gasteiger partial charge in [0.25, 0.3) is 0 Å². The predicted molar refractivity (Wildman–Crippen MR) is 120 cm³/mol. The number of methoxy groups -OCH3 is 2. The van der Waals surface area contributed by atoms with Crippen molar-refractivity contribution in [3.8, 4) is 34.1 Å². The van der Waals surface area contributed by atoms with Gasteiger partial charge >= 0.3 is 0 Å². The van der Waals surface area contributed by atoms with Crippen molar-refractivity contribution in [2.45, 2.75) is 19.5 Å². The Morgan fingerprint density at radius 3 is 2.66 bits per heavy atom. The van der Waals surface area contributed by atoms with Crippen LogP contribution < -0.4 is 9.47 Å². The Kier molecular flexibility index (Phi) is 5.51. The molecule has 0 unspecified atom stereocenters. The van der Waals surface area contributed by atoms with Crippen molar-refractivity contribution in [1.82, 2.24) is 30.0 Å². The van der Waals surface area contributed by atoms with Crippen molar-refractivity contribution < 1.29 is 9.47 Å². The van der Waals surface area contributed by atoms with Gasteiger partial charge in [-0.2, -0.15) is 5.10 Å². The molecule has 8 nitrogen and oxygen atoms in total. The third-order valence-electron chi connectivity index (χ3n) is 5.74. The number of nitrogens with zero attached hydrogens (tertiary/aromatic N) is 5. The van der Waals surface area contributed by atoms with Gasteiger partial charge in [-0.3, -0.25) is 15.0 Å². The van der Waals surface area contributed by atoms with Gasteiger partial charge in [0.15, 0.2) is 17.3 Å². The van der Waals surface area contributed by atoms with Crippen LogP contribution >= 0.6 is 0 Å². The Labute approximate surface area is 186 Å². The molecular weight excluding hydrogens is 404 g/mol. The summed E-state index contributed by atoms with van der Waals surface area (Å²) in [5.74, 6) is 2.15. The van der Waals surface area contributed by atoms with Crippen molar-refractivity contribution in [3.63, 3.8) is 0 Å². The highest BCUT2D eigenvalue weighted by atomic mass is 16.5. The second kappa shape index (κ2) is 8.76. The normalized spacial score (nSPS) is 13.6. The number of H-pyrrole nitrogens is 1. The van der Waals surface area contributed by atoms with Gasteiger partial charge in [0.2, 0.25) is 0 Å². The average molecular weight is 428 g/mol. The molecule has 4 aromatic rings. The lowest BCUT2D eigenvalue weighted by Gasteiger charge is -2.28. The number of fused-ring (bicyclic) bond motifs is 1. The molecule has 32 heavy (non-hydrogen) atoms. The van der Waals surface area contributed by atoms with Crippen LogP contribution in [0.25, 0.3) is 22.6 Å². The number of aromatic nitrogens is 5. The van der Waals surface area contributed by atoms with Crippen molar-refractivity contribution in [2.24, 2.45) is 0 Å². The van der Waals surface area contributed by atoms with E-state index in [2.05, 4.69) is 25.1 Å². The first-order valence-corrected chi connectivity index (χ1v) is 10.5. The van der Waals surface area contributed by atoms with Gasteiger partial charge in [0, 0.05) is 66.9 Å². The number of nitrogens with one attached hydrogen (secondary N) is 1. The van der Waals surface area contributed by atoms with Gasteiger partial charge in [-0.15, -0.1) is 0 Å². The lowest BCUT2D eigenvalue weighted by atomic mass is 10.0. The van der Waals surface area contributed by atoms with Gasteiger partial charge in [-0.25, -0.2) is 9.97 Å². The maximum absolute atomic E-state index is 5.46. The van der Waals surface area contributed by atoms with Crippen LogP contribution in [-0.4, -0.2) is 50.8 Å². The van der Waals surface area contributed by atoms with E-state index < -0.39 is 0 Å². The Hall–Kier alpha value is -3.78. The molecule has 1 aliphatic rings. The van der Waals surface area contributed by atoms with Gasteiger partial charge in [-0.05, 0) is 30.3 Å². The summed E-state index contributed by atoms with van der Waals surface area (Å²) in [6.45, 7) is 2.52. The Morgan fingerprint density at radius 2 is 1.84 bits per heavy atom. The van der Waals surface area contributed by atoms with Gasteiger partial charge < -0.3 is 9.47 Å². The molecule has 0 saturated heterocycles. The van der Waals surface area contributed by atoms with E-state index in [0.29, 0.717) is 11.5 Å². The molecule has 0 amide bonds. The van der Waals surface area contributed by atoms with Crippen LogP contribution in [0.5, 0.6) is 11.5 Å². The first-order valence-electron chi connectivity index (χ1n) is 10.5. The number of pyridine rings is 1. The minimum Gasteiger partial charge on any atom is -0.493 e. The van der Waals surface area contributed by atoms with E-state index in [1.807, 2.05) is 42.7 Å². The number of aromatic amines is 1. The van der Waals surface area contributed by atoms with Crippen LogP contribution in [0.3, 0.4) is 0 Å². The standard InChI is InChI=1S/C24H24N6O2/c1-31-21-4-3-17(11-22(21)32-2)23-19(13-27-29-23)15-30-10-7-20-18(14-30)12-26-24(28-20)16-5-8-25-9-6-16/h3-6,8-9,11-13H,7,10,14-15H2,1-2H3,(H,27,29). The molecule has 0 atom stereocenters. The zero-order valence-electron chi connectivity index (χ0n) is 18.1. The van der Waals surface area contributed by atoms with E-state index in [0.717, 1.165) is 60.0 Å². The Balaban J connectivity index is 1.34. The van der Waals surface area contributed by atoms with Gasteiger partial charge in [0.05, 0.1) is 31.8 Å². The molecule has 1 N–H and O–H groups in total. The SMILES string of the molecule is COc1ccc(-c2[nH]ncc2CN2CCc3nc(-c4ccncc4)ncc3C2)cc1OC. The number of hydrogen-bond acceptors (Lipinski definition) is 7. The van der Waals surface area contributed by atoms with Crippen LogP contribution in [0.1, 0.15) is 16.8 Å². The third kappa shape index (κ3) is 3.92. The molecule has 0 aliphatic carbocycles. The molecule has 0 saturated carbocycles. The smallest absolute Gasteiger partial charge is 0.161 e. The van der Waals surface area contributed by atoms with Crippen molar-refractivity contribution in [2.75, 3.05) is 20.8 Å². The highest BCUT2D eigenvalue weighted by Gasteiger charge is 2.21. The number of benzene rings is 1. The molecule has 0 bridgehead atoms. The molecule has 0 radical (unpaired) electrons. The van der Waals surface area contributed by atoms with Crippen LogP contribution in [0.2, 0.25) is 0 Å². The van der Waals surface area contributed by atoms with Crippen LogP contribution in [-0.2, 0) is 19.5 Å². The quantitative estimate of drug-likeness (QED) is 0.503. The molecular formula is C24H24N6O2. The van der Waals surface area contributed by atoms with E-state index in [1.54, 1.807) is 26.6 Å². The van der Waals surface area contributed by atoms with Crippen molar-refractivity contribution in [1.29, 1.82) is 0 Å². The van der Waals surface area contributed by atoms with E-state index in [-0.39, 0.29) is 0 Å². The first-order chi connectivity index (χ1) is 15.7. The molecule has 1 aliphatic heterocycles. The molecule has 8 heteroatoms. The molecule has 162 valence electrons. The molecule has 0 spiro atoms. The predicted octanol–water partition coefficient (Wildman–Crippen LogP) is 3.50. The van der Waals surface area contributed by atoms with Crippen LogP contribution in [0, 0.1) is 0 Å². The third-order valence-corrected chi connectivity index (χ3v) is 5.74. The fourth-order valence-electron chi connectivity index (χ4n) is 4.06. The fourth-order valence-corrected chi connectivity index (χ4v) is 4.06. The minimum absolute atomic E-state index is 0.694. The summed E-state index contributed by atoms with van der Waals surface area (Å²) in [6, 6.07) is 9.76. The Bertz CT molecular complexity index is 1220. The first kappa shape index (κ1) is 20.1. The summed E-state index contributed by atoms with van der Waals surface area (Å²) in [4.78, 5) is 15.9. The number of rotatable bonds is 6. The number of ether oxygens (including phenoxy) is 2. The van der Waals surface area contributed by atoms with E-state index in [4.69, 9.17) is 14.5 Å². The summed E-state index contributed by atoms with van der Waals surface area (Å²) < 4.78 is 10.8. The lowest BCUT2D eigenvalue weighted by Crippen LogP contribution is -2.31. The summed E-state index contributed by atoms with van der Waals surface area (Å²) in [5, 5.41) is 7.44. The molecule has 4 heterocycles. The van der Waals surface area contributed by atoms with Gasteiger partial charge in [0.1, 0.15) is 0 Å². The monoisotopic (exact) mass is 428 g/mol. The molecule has 0 fully saturated rings. The maximum Gasteiger partial charge on any atom is 0.161 e. The van der Waals surface area contributed by atoms with E-state index in [9.17, 15) is 0 Å². The second-order valence-corrected chi connectivity index (χ2v) is 7.70. The lowest BCUT2D eigenvalue weighted by molar-refractivity contribution is 0.243. The topological polar surface area (TPSA) is 89.1 Å². The number of hydrogen-bond donors (Lipinski definition) is 1. The van der Waals surface area contributed by atoms with Crippen LogP contribution in [0.15, 0.2) is 55.1 Å². The Morgan fingerprint density at radius 1 is 1.00 bits per heavy atom. The second-order valence-electron chi connectivity index (χ2n) is 7.70. The summed E-state index contributed by atoms with van der Waals surface area (Å²) in [7, 11) is 3.28. The van der Waals surface area contributed by atoms with Crippen molar-refractivity contribution >= 4 is 0 Å².